The lowest BCUT2D eigenvalue weighted by molar-refractivity contribution is -0.116. The Morgan fingerprint density at radius 2 is 2.11 bits per heavy atom. The summed E-state index contributed by atoms with van der Waals surface area (Å²) in [5.74, 6) is 0.675. The molecular formula is C14H18N4O. The molecule has 2 aromatic rings. The predicted molar refractivity (Wildman–Crippen MR) is 73.7 cm³/mol. The first-order valence-corrected chi connectivity index (χ1v) is 6.39. The number of aryl methyl sites for hydroxylation is 1. The second-order valence-electron chi connectivity index (χ2n) is 4.53. The number of anilines is 1. The summed E-state index contributed by atoms with van der Waals surface area (Å²) in [4.78, 5) is 12.0. The van der Waals surface area contributed by atoms with Crippen LogP contribution in [0.25, 0.3) is 0 Å². The number of nitrogens with zero attached hydrogens (tertiary/aromatic N) is 3. The van der Waals surface area contributed by atoms with Gasteiger partial charge in [0.2, 0.25) is 11.9 Å². The topological polar surface area (TPSA) is 59.8 Å². The monoisotopic (exact) mass is 258 g/mol. The number of hydrogen-bond donors (Lipinski definition) is 1. The maximum atomic E-state index is 12.0. The molecule has 0 aliphatic carbocycles. The zero-order chi connectivity index (χ0) is 13.7. The highest BCUT2D eigenvalue weighted by Crippen LogP contribution is 2.23. The van der Waals surface area contributed by atoms with Crippen LogP contribution in [0.3, 0.4) is 0 Å². The second kappa shape index (κ2) is 6.13. The summed E-state index contributed by atoms with van der Waals surface area (Å²) in [6, 6.07) is 10.1. The molecule has 2 rings (SSSR count). The SMILES string of the molecule is CC[C@@H](CC(=O)Nc1nncn1C)c1ccccc1. The lowest BCUT2D eigenvalue weighted by atomic mass is 9.93. The Labute approximate surface area is 112 Å². The van der Waals surface area contributed by atoms with E-state index >= 15 is 0 Å². The van der Waals surface area contributed by atoms with Gasteiger partial charge in [-0.15, -0.1) is 10.2 Å². The van der Waals surface area contributed by atoms with Crippen molar-refractivity contribution in [3.8, 4) is 0 Å². The normalized spacial score (nSPS) is 12.1. The summed E-state index contributed by atoms with van der Waals surface area (Å²) in [6.07, 6.45) is 2.94. The summed E-state index contributed by atoms with van der Waals surface area (Å²) in [5, 5.41) is 10.3. The average molecular weight is 258 g/mol. The van der Waals surface area contributed by atoms with Gasteiger partial charge in [0, 0.05) is 13.5 Å². The van der Waals surface area contributed by atoms with E-state index in [9.17, 15) is 4.79 Å². The Kier molecular flexibility index (Phi) is 4.28. The van der Waals surface area contributed by atoms with Crippen LogP contribution in [0.15, 0.2) is 36.7 Å². The van der Waals surface area contributed by atoms with Gasteiger partial charge in [-0.25, -0.2) is 0 Å². The van der Waals surface area contributed by atoms with E-state index < -0.39 is 0 Å². The number of carbonyl (C=O) groups is 1. The van der Waals surface area contributed by atoms with Gasteiger partial charge in [-0.05, 0) is 17.9 Å². The summed E-state index contributed by atoms with van der Waals surface area (Å²) < 4.78 is 1.68. The molecule has 0 spiro atoms. The Balaban J connectivity index is 1.99. The van der Waals surface area contributed by atoms with Crippen LogP contribution in [-0.4, -0.2) is 20.7 Å². The van der Waals surface area contributed by atoms with E-state index in [1.54, 1.807) is 17.9 Å². The molecule has 0 bridgehead atoms. The van der Waals surface area contributed by atoms with E-state index in [4.69, 9.17) is 0 Å². The minimum Gasteiger partial charge on any atom is -0.303 e. The highest BCUT2D eigenvalue weighted by molar-refractivity contribution is 5.89. The number of hydrogen-bond acceptors (Lipinski definition) is 3. The van der Waals surface area contributed by atoms with Gasteiger partial charge in [0.05, 0.1) is 0 Å². The number of aromatic nitrogens is 3. The maximum absolute atomic E-state index is 12.0. The number of carbonyl (C=O) groups excluding carboxylic acids is 1. The van der Waals surface area contributed by atoms with Crippen molar-refractivity contribution in [1.29, 1.82) is 0 Å². The minimum absolute atomic E-state index is 0.0354. The molecule has 100 valence electrons. The molecule has 0 radical (unpaired) electrons. The second-order valence-corrected chi connectivity index (χ2v) is 4.53. The van der Waals surface area contributed by atoms with Crippen LogP contribution in [0, 0.1) is 0 Å². The number of nitrogens with one attached hydrogen (secondary N) is 1. The van der Waals surface area contributed by atoms with Crippen molar-refractivity contribution in [3.63, 3.8) is 0 Å². The van der Waals surface area contributed by atoms with E-state index in [1.807, 2.05) is 18.2 Å². The van der Waals surface area contributed by atoms with Gasteiger partial charge in [-0.3, -0.25) is 10.1 Å². The van der Waals surface area contributed by atoms with E-state index in [1.165, 1.54) is 5.56 Å². The molecule has 1 heterocycles. The van der Waals surface area contributed by atoms with Crippen LogP contribution in [0.2, 0.25) is 0 Å². The highest BCUT2D eigenvalue weighted by atomic mass is 16.1. The van der Waals surface area contributed by atoms with Crippen molar-refractivity contribution in [2.75, 3.05) is 5.32 Å². The van der Waals surface area contributed by atoms with Gasteiger partial charge in [-0.1, -0.05) is 37.3 Å². The van der Waals surface area contributed by atoms with Gasteiger partial charge in [-0.2, -0.15) is 0 Å². The van der Waals surface area contributed by atoms with Crippen LogP contribution in [0.5, 0.6) is 0 Å². The molecular weight excluding hydrogens is 240 g/mol. The third-order valence-electron chi connectivity index (χ3n) is 3.16. The molecule has 0 aliphatic heterocycles. The summed E-state index contributed by atoms with van der Waals surface area (Å²) in [5.41, 5.74) is 1.19. The first-order chi connectivity index (χ1) is 9.20. The Bertz CT molecular complexity index is 535. The summed E-state index contributed by atoms with van der Waals surface area (Å²) in [7, 11) is 1.80. The number of rotatable bonds is 5. The maximum Gasteiger partial charge on any atom is 0.230 e. The summed E-state index contributed by atoms with van der Waals surface area (Å²) in [6.45, 7) is 2.09. The molecule has 0 fully saturated rings. The molecule has 1 aromatic heterocycles. The molecule has 5 heteroatoms. The third kappa shape index (κ3) is 3.40. The average Bonchev–Trinajstić information content (AvgIpc) is 2.82. The number of amides is 1. The molecule has 1 amide bonds. The molecule has 5 nitrogen and oxygen atoms in total. The van der Waals surface area contributed by atoms with Crippen molar-refractivity contribution < 1.29 is 4.79 Å². The van der Waals surface area contributed by atoms with Crippen LogP contribution < -0.4 is 5.32 Å². The van der Waals surface area contributed by atoms with Crippen LogP contribution in [-0.2, 0) is 11.8 Å². The third-order valence-corrected chi connectivity index (χ3v) is 3.16. The molecule has 1 N–H and O–H groups in total. The first-order valence-electron chi connectivity index (χ1n) is 6.39. The molecule has 0 saturated heterocycles. The smallest absolute Gasteiger partial charge is 0.230 e. The molecule has 0 saturated carbocycles. The first kappa shape index (κ1) is 13.3. The van der Waals surface area contributed by atoms with E-state index in [0.717, 1.165) is 6.42 Å². The van der Waals surface area contributed by atoms with Crippen LogP contribution in [0.4, 0.5) is 5.95 Å². The van der Waals surface area contributed by atoms with E-state index in [2.05, 4.69) is 34.6 Å². The minimum atomic E-state index is -0.0354. The lowest BCUT2D eigenvalue weighted by Gasteiger charge is -2.14. The molecule has 1 aromatic carbocycles. The summed E-state index contributed by atoms with van der Waals surface area (Å²) >= 11 is 0. The number of benzene rings is 1. The van der Waals surface area contributed by atoms with Crippen molar-refractivity contribution in [2.45, 2.75) is 25.7 Å². The van der Waals surface area contributed by atoms with Gasteiger partial charge in [0.25, 0.3) is 0 Å². The van der Waals surface area contributed by atoms with Crippen molar-refractivity contribution in [2.24, 2.45) is 7.05 Å². The quantitative estimate of drug-likeness (QED) is 0.895. The fourth-order valence-corrected chi connectivity index (χ4v) is 2.02. The zero-order valence-corrected chi connectivity index (χ0v) is 11.2. The zero-order valence-electron chi connectivity index (χ0n) is 11.2. The Morgan fingerprint density at radius 3 is 2.68 bits per heavy atom. The molecule has 1 atom stereocenters. The van der Waals surface area contributed by atoms with Gasteiger partial charge < -0.3 is 4.57 Å². The fraction of sp³-hybridized carbons (Fsp3) is 0.357. The van der Waals surface area contributed by atoms with Crippen LogP contribution >= 0.6 is 0 Å². The van der Waals surface area contributed by atoms with Crippen molar-refractivity contribution in [3.05, 3.63) is 42.2 Å². The van der Waals surface area contributed by atoms with Crippen molar-refractivity contribution in [1.82, 2.24) is 14.8 Å². The fourth-order valence-electron chi connectivity index (χ4n) is 2.02. The predicted octanol–water partition coefficient (Wildman–Crippen LogP) is 2.34. The van der Waals surface area contributed by atoms with Crippen LogP contribution in [0.1, 0.15) is 31.2 Å². The molecule has 0 aliphatic rings. The molecule has 0 unspecified atom stereocenters. The van der Waals surface area contributed by atoms with Crippen molar-refractivity contribution >= 4 is 11.9 Å². The lowest BCUT2D eigenvalue weighted by Crippen LogP contribution is -2.17. The highest BCUT2D eigenvalue weighted by Gasteiger charge is 2.15. The van der Waals surface area contributed by atoms with E-state index in [0.29, 0.717) is 12.4 Å². The molecule has 19 heavy (non-hydrogen) atoms. The van der Waals surface area contributed by atoms with Gasteiger partial charge >= 0.3 is 0 Å². The van der Waals surface area contributed by atoms with Gasteiger partial charge in [0.1, 0.15) is 6.33 Å². The van der Waals surface area contributed by atoms with E-state index in [-0.39, 0.29) is 11.8 Å². The Morgan fingerprint density at radius 1 is 1.37 bits per heavy atom. The largest absolute Gasteiger partial charge is 0.303 e. The van der Waals surface area contributed by atoms with Gasteiger partial charge in [0.15, 0.2) is 0 Å². The Hall–Kier alpha value is -2.17. The standard InChI is InChI=1S/C14H18N4O/c1-3-11(12-7-5-4-6-8-12)9-13(19)16-14-17-15-10-18(14)2/h4-8,10-11H,3,9H2,1-2H3,(H,16,17,19)/t11-/m0/s1.